The van der Waals surface area contributed by atoms with E-state index < -0.39 is 0 Å². The highest BCUT2D eigenvalue weighted by molar-refractivity contribution is 6.02. The molecular weight excluding hydrogens is 699 g/mol. The molecule has 0 heterocycles. The molecule has 1 aliphatic rings. The highest BCUT2D eigenvalue weighted by atomic mass is 15.1. The fourth-order valence-corrected chi connectivity index (χ4v) is 9.13. The van der Waals surface area contributed by atoms with Gasteiger partial charge in [-0.3, -0.25) is 0 Å². The second-order valence-electron chi connectivity index (χ2n) is 15.6. The van der Waals surface area contributed by atoms with Crippen LogP contribution in [0.25, 0.3) is 66.8 Å². The Morgan fingerprint density at radius 3 is 1.28 bits per heavy atom. The van der Waals surface area contributed by atoms with Crippen molar-refractivity contribution in [2.75, 3.05) is 4.90 Å². The van der Waals surface area contributed by atoms with Crippen LogP contribution in [-0.2, 0) is 5.41 Å². The standard InChI is InChI=1S/C57H43N/c1-57(2)51-31-15-11-29-50(51)56-49(30-19-32-52(56)57)48-28-14-18-35-55(48)58(53-33-16-12-25-45(53)43-38-36-41(37-39-43)40-20-5-3-6-21-40)54-34-17-13-27-47(54)46-26-10-9-24-44(46)42-22-7-4-8-23-42/h3-39H,1-2H3. The maximum atomic E-state index is 2.51. The molecule has 0 aliphatic heterocycles. The van der Waals surface area contributed by atoms with Gasteiger partial charge in [0.15, 0.2) is 0 Å². The first-order valence-corrected chi connectivity index (χ1v) is 20.2. The molecule has 0 N–H and O–H groups in total. The Bertz CT molecular complexity index is 2900. The minimum atomic E-state index is -0.108. The molecule has 1 nitrogen and oxygen atoms in total. The zero-order valence-corrected chi connectivity index (χ0v) is 32.8. The number of anilines is 3. The van der Waals surface area contributed by atoms with Crippen LogP contribution in [0.3, 0.4) is 0 Å². The van der Waals surface area contributed by atoms with Crippen molar-refractivity contribution in [1.82, 2.24) is 0 Å². The van der Waals surface area contributed by atoms with Gasteiger partial charge in [0, 0.05) is 22.1 Å². The Balaban J connectivity index is 1.23. The summed E-state index contributed by atoms with van der Waals surface area (Å²) in [5.41, 5.74) is 20.5. The Labute approximate surface area is 342 Å². The molecule has 0 atom stereocenters. The molecule has 0 spiro atoms. The topological polar surface area (TPSA) is 3.24 Å². The maximum Gasteiger partial charge on any atom is 0.0540 e. The highest BCUT2D eigenvalue weighted by Gasteiger charge is 2.37. The van der Waals surface area contributed by atoms with Gasteiger partial charge in [-0.25, -0.2) is 0 Å². The van der Waals surface area contributed by atoms with Gasteiger partial charge < -0.3 is 4.90 Å². The van der Waals surface area contributed by atoms with E-state index in [9.17, 15) is 0 Å². The lowest BCUT2D eigenvalue weighted by molar-refractivity contribution is 0.660. The second kappa shape index (κ2) is 14.7. The van der Waals surface area contributed by atoms with E-state index in [0.717, 1.165) is 33.8 Å². The highest BCUT2D eigenvalue weighted by Crippen LogP contribution is 2.55. The van der Waals surface area contributed by atoms with E-state index in [1.54, 1.807) is 0 Å². The number of rotatable bonds is 8. The van der Waals surface area contributed by atoms with E-state index in [0.29, 0.717) is 0 Å². The van der Waals surface area contributed by atoms with Crippen molar-refractivity contribution in [3.05, 3.63) is 236 Å². The lowest BCUT2D eigenvalue weighted by atomic mass is 9.82. The van der Waals surface area contributed by atoms with E-state index in [1.807, 2.05) is 0 Å². The Kier molecular flexibility index (Phi) is 8.92. The fourth-order valence-electron chi connectivity index (χ4n) is 9.13. The average molecular weight is 742 g/mol. The molecule has 0 amide bonds. The number of fused-ring (bicyclic) bond motifs is 3. The number of benzene rings is 9. The number of hydrogen-bond donors (Lipinski definition) is 0. The van der Waals surface area contributed by atoms with Gasteiger partial charge in [-0.2, -0.15) is 0 Å². The quantitative estimate of drug-likeness (QED) is 0.150. The third-order valence-electron chi connectivity index (χ3n) is 11.9. The van der Waals surface area contributed by atoms with Crippen molar-refractivity contribution in [2.24, 2.45) is 0 Å². The molecule has 9 aromatic carbocycles. The molecule has 0 unspecified atom stereocenters. The zero-order chi connectivity index (χ0) is 39.1. The van der Waals surface area contributed by atoms with Gasteiger partial charge in [-0.15, -0.1) is 0 Å². The maximum absolute atomic E-state index is 2.51. The Morgan fingerprint density at radius 2 is 0.638 bits per heavy atom. The van der Waals surface area contributed by atoms with Crippen LogP contribution in [0.4, 0.5) is 17.1 Å². The van der Waals surface area contributed by atoms with E-state index in [4.69, 9.17) is 0 Å². The molecule has 0 fully saturated rings. The minimum Gasteiger partial charge on any atom is -0.309 e. The van der Waals surface area contributed by atoms with Crippen molar-refractivity contribution in [3.63, 3.8) is 0 Å². The van der Waals surface area contributed by atoms with E-state index in [-0.39, 0.29) is 5.41 Å². The van der Waals surface area contributed by atoms with Crippen molar-refractivity contribution in [2.45, 2.75) is 19.3 Å². The van der Waals surface area contributed by atoms with Gasteiger partial charge in [-0.1, -0.05) is 220 Å². The summed E-state index contributed by atoms with van der Waals surface area (Å²) in [5.74, 6) is 0. The van der Waals surface area contributed by atoms with Gasteiger partial charge in [-0.05, 0) is 79.4 Å². The average Bonchev–Trinajstić information content (AvgIpc) is 3.53. The summed E-state index contributed by atoms with van der Waals surface area (Å²) in [6, 6.07) is 81.8. The summed E-state index contributed by atoms with van der Waals surface area (Å²) in [4.78, 5) is 2.51. The van der Waals surface area contributed by atoms with Crippen LogP contribution in [0, 0.1) is 0 Å². The van der Waals surface area contributed by atoms with E-state index in [2.05, 4.69) is 243 Å². The largest absolute Gasteiger partial charge is 0.309 e. The Morgan fingerprint density at radius 1 is 0.259 bits per heavy atom. The molecule has 1 heteroatoms. The molecule has 0 saturated heterocycles. The molecule has 0 radical (unpaired) electrons. The van der Waals surface area contributed by atoms with Crippen LogP contribution in [0.5, 0.6) is 0 Å². The van der Waals surface area contributed by atoms with Gasteiger partial charge in [0.25, 0.3) is 0 Å². The van der Waals surface area contributed by atoms with Gasteiger partial charge >= 0.3 is 0 Å². The lowest BCUT2D eigenvalue weighted by Gasteiger charge is -2.32. The zero-order valence-electron chi connectivity index (χ0n) is 32.8. The lowest BCUT2D eigenvalue weighted by Crippen LogP contribution is -2.15. The van der Waals surface area contributed by atoms with Crippen molar-refractivity contribution < 1.29 is 0 Å². The summed E-state index contributed by atoms with van der Waals surface area (Å²) in [6.45, 7) is 4.72. The smallest absolute Gasteiger partial charge is 0.0540 e. The predicted molar refractivity (Wildman–Crippen MR) is 246 cm³/mol. The normalized spacial score (nSPS) is 12.4. The summed E-state index contributed by atoms with van der Waals surface area (Å²) in [7, 11) is 0. The summed E-state index contributed by atoms with van der Waals surface area (Å²) < 4.78 is 0. The Hall–Kier alpha value is -7.22. The van der Waals surface area contributed by atoms with Crippen LogP contribution in [0.15, 0.2) is 224 Å². The summed E-state index contributed by atoms with van der Waals surface area (Å²) >= 11 is 0. The molecule has 0 bridgehead atoms. The van der Waals surface area contributed by atoms with Crippen LogP contribution >= 0.6 is 0 Å². The molecule has 9 aromatic rings. The van der Waals surface area contributed by atoms with E-state index >= 15 is 0 Å². The van der Waals surface area contributed by atoms with E-state index in [1.165, 1.54) is 61.2 Å². The van der Waals surface area contributed by atoms with Gasteiger partial charge in [0.2, 0.25) is 0 Å². The van der Waals surface area contributed by atoms with Crippen LogP contribution in [-0.4, -0.2) is 0 Å². The molecule has 0 aromatic heterocycles. The number of para-hydroxylation sites is 3. The first-order valence-electron chi connectivity index (χ1n) is 20.2. The number of hydrogen-bond acceptors (Lipinski definition) is 1. The van der Waals surface area contributed by atoms with Crippen LogP contribution in [0.1, 0.15) is 25.0 Å². The van der Waals surface area contributed by atoms with Crippen molar-refractivity contribution >= 4 is 17.1 Å². The molecular formula is C57H43N. The first kappa shape index (κ1) is 35.2. The third kappa shape index (κ3) is 6.04. The number of nitrogens with zero attached hydrogens (tertiary/aromatic N) is 1. The second-order valence-corrected chi connectivity index (χ2v) is 15.6. The summed E-state index contributed by atoms with van der Waals surface area (Å²) in [6.07, 6.45) is 0. The van der Waals surface area contributed by atoms with Crippen LogP contribution < -0.4 is 4.90 Å². The molecule has 0 saturated carbocycles. The molecule has 58 heavy (non-hydrogen) atoms. The van der Waals surface area contributed by atoms with Gasteiger partial charge in [0.1, 0.15) is 0 Å². The molecule has 10 rings (SSSR count). The van der Waals surface area contributed by atoms with Crippen molar-refractivity contribution in [1.29, 1.82) is 0 Å². The fraction of sp³-hybridized carbons (Fsp3) is 0.0526. The summed E-state index contributed by atoms with van der Waals surface area (Å²) in [5, 5.41) is 0. The molecule has 276 valence electrons. The predicted octanol–water partition coefficient (Wildman–Crippen LogP) is 15.8. The molecule has 1 aliphatic carbocycles. The third-order valence-corrected chi connectivity index (χ3v) is 11.9. The van der Waals surface area contributed by atoms with Crippen molar-refractivity contribution in [3.8, 4) is 66.8 Å². The SMILES string of the molecule is CC1(C)c2ccccc2-c2c(-c3ccccc3N(c3ccccc3-c3ccc(-c4ccccc4)cc3)c3ccccc3-c3ccccc3-c3ccccc3)cccc21. The monoisotopic (exact) mass is 741 g/mol. The first-order chi connectivity index (χ1) is 28.6. The minimum absolute atomic E-state index is 0.108. The van der Waals surface area contributed by atoms with Crippen LogP contribution in [0.2, 0.25) is 0 Å². The van der Waals surface area contributed by atoms with Gasteiger partial charge in [0.05, 0.1) is 17.1 Å².